The number of rotatable bonds is 9. The number of hydrogen-bond donors (Lipinski definition) is 2. The molecule has 0 fully saturated rings. The average molecular weight is 271 g/mol. The Morgan fingerprint density at radius 3 is 1.65 bits per heavy atom. The van der Waals surface area contributed by atoms with Crippen molar-refractivity contribution in [1.29, 1.82) is 0 Å². The van der Waals surface area contributed by atoms with Crippen LogP contribution >= 0.6 is 0 Å². The molecule has 0 aromatic carbocycles. The zero-order valence-corrected chi connectivity index (χ0v) is 11.7. The highest BCUT2D eigenvalue weighted by molar-refractivity contribution is 7.85. The van der Waals surface area contributed by atoms with Gasteiger partial charge < -0.3 is 5.32 Å². The van der Waals surface area contributed by atoms with Gasteiger partial charge in [-0.25, -0.2) is 0 Å². The third-order valence-corrected chi connectivity index (χ3v) is 2.84. The number of hydrogen-bond acceptors (Lipinski definition) is 3. The summed E-state index contributed by atoms with van der Waals surface area (Å²) in [5, 5.41) is 2.75. The van der Waals surface area contributed by atoms with Crippen LogP contribution in [0.1, 0.15) is 44.9 Å². The zero-order chi connectivity index (χ0) is 13.6. The summed E-state index contributed by atoms with van der Waals surface area (Å²) in [7, 11) is -0.0251. The molecule has 0 aromatic heterocycles. The molecule has 0 bridgehead atoms. The fraction of sp³-hybridized carbons (Fsp3) is 1.00. The summed E-state index contributed by atoms with van der Waals surface area (Å²) in [5.41, 5.74) is 0. The lowest BCUT2D eigenvalue weighted by molar-refractivity contribution is 0.449. The minimum Gasteiger partial charge on any atom is -0.323 e. The fourth-order valence-corrected chi connectivity index (χ4v) is 1.83. The van der Waals surface area contributed by atoms with Crippen LogP contribution in [0.2, 0.25) is 0 Å². The van der Waals surface area contributed by atoms with Crippen LogP contribution in [-0.4, -0.2) is 39.5 Å². The van der Waals surface area contributed by atoms with E-state index in [0.29, 0.717) is 12.8 Å². The molecule has 0 saturated heterocycles. The third kappa shape index (κ3) is 25.8. The molecule has 0 aliphatic rings. The van der Waals surface area contributed by atoms with Crippen LogP contribution in [0.15, 0.2) is 0 Å². The first-order valence-corrected chi connectivity index (χ1v) is 7.68. The SMILES string of the molecule is CNC.O=S(=O)(O)CCCCCCCCCF. The molecule has 0 heterocycles. The predicted molar refractivity (Wildman–Crippen MR) is 69.7 cm³/mol. The van der Waals surface area contributed by atoms with Crippen molar-refractivity contribution in [1.82, 2.24) is 5.32 Å². The smallest absolute Gasteiger partial charge is 0.264 e. The van der Waals surface area contributed by atoms with Gasteiger partial charge in [-0.15, -0.1) is 0 Å². The number of alkyl halides is 1. The van der Waals surface area contributed by atoms with Crippen molar-refractivity contribution in [3.05, 3.63) is 0 Å². The lowest BCUT2D eigenvalue weighted by Crippen LogP contribution is -2.03. The highest BCUT2D eigenvalue weighted by Gasteiger charge is 2.02. The molecule has 0 aliphatic carbocycles. The second kappa shape index (κ2) is 13.9. The Labute approximate surface area is 105 Å². The van der Waals surface area contributed by atoms with Gasteiger partial charge in [-0.05, 0) is 26.9 Å². The van der Waals surface area contributed by atoms with E-state index >= 15 is 0 Å². The van der Waals surface area contributed by atoms with Crippen LogP contribution in [0, 0.1) is 0 Å². The predicted octanol–water partition coefficient (Wildman–Crippen LogP) is 2.41. The largest absolute Gasteiger partial charge is 0.323 e. The molecule has 106 valence electrons. The monoisotopic (exact) mass is 271 g/mol. The van der Waals surface area contributed by atoms with Crippen LogP contribution in [0.4, 0.5) is 4.39 Å². The van der Waals surface area contributed by atoms with Crippen molar-refractivity contribution in [3.63, 3.8) is 0 Å². The van der Waals surface area contributed by atoms with E-state index in [2.05, 4.69) is 5.32 Å². The van der Waals surface area contributed by atoms with Gasteiger partial charge in [0.05, 0.1) is 12.4 Å². The van der Waals surface area contributed by atoms with Gasteiger partial charge in [-0.2, -0.15) is 8.42 Å². The molecule has 6 heteroatoms. The summed E-state index contributed by atoms with van der Waals surface area (Å²) in [6.07, 6.45) is 5.86. The highest BCUT2D eigenvalue weighted by Crippen LogP contribution is 2.07. The van der Waals surface area contributed by atoms with Crippen LogP contribution in [0.3, 0.4) is 0 Å². The Hall–Kier alpha value is -0.200. The van der Waals surface area contributed by atoms with Gasteiger partial charge in [0.25, 0.3) is 10.1 Å². The third-order valence-electron chi connectivity index (χ3n) is 2.04. The zero-order valence-electron chi connectivity index (χ0n) is 10.9. The van der Waals surface area contributed by atoms with E-state index in [1.807, 2.05) is 14.1 Å². The number of nitrogens with one attached hydrogen (secondary N) is 1. The molecule has 0 amide bonds. The fourth-order valence-electron chi connectivity index (χ4n) is 1.26. The average Bonchev–Trinajstić information content (AvgIpc) is 2.22. The molecule has 0 spiro atoms. The van der Waals surface area contributed by atoms with Gasteiger partial charge in [-0.1, -0.05) is 32.1 Å². The van der Waals surface area contributed by atoms with E-state index in [9.17, 15) is 12.8 Å². The first-order chi connectivity index (χ1) is 7.97. The Morgan fingerprint density at radius 1 is 0.941 bits per heavy atom. The molecule has 0 saturated carbocycles. The highest BCUT2D eigenvalue weighted by atomic mass is 32.2. The van der Waals surface area contributed by atoms with Gasteiger partial charge >= 0.3 is 0 Å². The maximum Gasteiger partial charge on any atom is 0.264 e. The molecular formula is C11H26FNO3S. The molecular weight excluding hydrogens is 245 g/mol. The van der Waals surface area contributed by atoms with Crippen molar-refractivity contribution in [2.75, 3.05) is 26.5 Å². The first-order valence-electron chi connectivity index (χ1n) is 6.07. The molecule has 4 nitrogen and oxygen atoms in total. The summed E-state index contributed by atoms with van der Waals surface area (Å²) in [6, 6.07) is 0. The Balaban J connectivity index is 0. The molecule has 0 rings (SSSR count). The summed E-state index contributed by atoms with van der Waals surface area (Å²) in [6.45, 7) is -0.247. The van der Waals surface area contributed by atoms with Crippen molar-refractivity contribution < 1.29 is 17.4 Å². The molecule has 0 atom stereocenters. The van der Waals surface area contributed by atoms with Gasteiger partial charge in [0.2, 0.25) is 0 Å². The lowest BCUT2D eigenvalue weighted by atomic mass is 10.1. The second-order valence-electron chi connectivity index (χ2n) is 3.95. The second-order valence-corrected chi connectivity index (χ2v) is 5.52. The Bertz CT molecular complexity index is 233. The Kier molecular flexibility index (Phi) is 15.6. The van der Waals surface area contributed by atoms with Crippen molar-refractivity contribution in [2.45, 2.75) is 44.9 Å². The first kappa shape index (κ1) is 19.1. The van der Waals surface area contributed by atoms with E-state index in [1.165, 1.54) is 0 Å². The number of halogens is 1. The molecule has 0 unspecified atom stereocenters. The lowest BCUT2D eigenvalue weighted by Gasteiger charge is -1.99. The minimum atomic E-state index is -3.78. The van der Waals surface area contributed by atoms with Crippen molar-refractivity contribution >= 4 is 10.1 Å². The van der Waals surface area contributed by atoms with Crippen LogP contribution in [0.25, 0.3) is 0 Å². The summed E-state index contributed by atoms with van der Waals surface area (Å²) in [4.78, 5) is 0. The van der Waals surface area contributed by atoms with Crippen LogP contribution in [0.5, 0.6) is 0 Å². The topological polar surface area (TPSA) is 66.4 Å². The van der Waals surface area contributed by atoms with Crippen LogP contribution < -0.4 is 5.32 Å². The van der Waals surface area contributed by atoms with E-state index < -0.39 is 10.1 Å². The van der Waals surface area contributed by atoms with Crippen molar-refractivity contribution in [2.24, 2.45) is 0 Å². The van der Waals surface area contributed by atoms with Gasteiger partial charge in [-0.3, -0.25) is 8.94 Å². The van der Waals surface area contributed by atoms with E-state index in [4.69, 9.17) is 4.55 Å². The van der Waals surface area contributed by atoms with Gasteiger partial charge in [0.15, 0.2) is 0 Å². The van der Waals surface area contributed by atoms with E-state index in [1.54, 1.807) is 0 Å². The summed E-state index contributed by atoms with van der Waals surface area (Å²) < 4.78 is 40.7. The maximum absolute atomic E-state index is 11.7. The van der Waals surface area contributed by atoms with Crippen molar-refractivity contribution in [3.8, 4) is 0 Å². The Morgan fingerprint density at radius 2 is 1.29 bits per heavy atom. The molecule has 0 radical (unpaired) electrons. The van der Waals surface area contributed by atoms with Gasteiger partial charge in [0, 0.05) is 0 Å². The summed E-state index contributed by atoms with van der Waals surface area (Å²) in [5.74, 6) is -0.141. The minimum absolute atomic E-state index is 0.141. The van der Waals surface area contributed by atoms with E-state index in [0.717, 1.165) is 32.1 Å². The standard InChI is InChI=1S/C9H19FO3S.C2H7N/c10-8-6-4-2-1-3-5-7-9-14(11,12)13;1-3-2/h1-9H2,(H,11,12,13);3H,1-2H3. The molecule has 2 N–H and O–H groups in total. The summed E-state index contributed by atoms with van der Waals surface area (Å²) >= 11 is 0. The normalized spacial score (nSPS) is 10.8. The quantitative estimate of drug-likeness (QED) is 0.499. The molecule has 17 heavy (non-hydrogen) atoms. The van der Waals surface area contributed by atoms with Crippen LogP contribution in [-0.2, 0) is 10.1 Å². The molecule has 0 aromatic rings. The van der Waals surface area contributed by atoms with E-state index in [-0.39, 0.29) is 12.4 Å². The number of unbranched alkanes of at least 4 members (excludes halogenated alkanes) is 6. The van der Waals surface area contributed by atoms with Gasteiger partial charge in [0.1, 0.15) is 0 Å². The maximum atomic E-state index is 11.7. The molecule has 0 aliphatic heterocycles.